The first-order chi connectivity index (χ1) is 14.9. The number of nitrogens with one attached hydrogen (secondary N) is 2. The Morgan fingerprint density at radius 2 is 1.94 bits per heavy atom. The molecule has 1 heterocycles. The molecule has 0 fully saturated rings. The van der Waals surface area contributed by atoms with Crippen molar-refractivity contribution < 1.29 is 18.3 Å². The number of aromatic nitrogens is 1. The van der Waals surface area contributed by atoms with Crippen LogP contribution in [-0.2, 0) is 27.7 Å². The van der Waals surface area contributed by atoms with E-state index in [1.54, 1.807) is 30.3 Å². The number of carbonyl (C=O) groups is 1. The number of nitrogens with zero attached hydrogens (tertiary/aromatic N) is 1. The van der Waals surface area contributed by atoms with Crippen LogP contribution in [0.15, 0.2) is 64.5 Å². The van der Waals surface area contributed by atoms with Gasteiger partial charge in [-0.3, -0.25) is 9.79 Å². The van der Waals surface area contributed by atoms with Crippen LogP contribution in [0.1, 0.15) is 35.8 Å². The number of hydrogen-bond donors (Lipinski definition) is 3. The summed E-state index contributed by atoms with van der Waals surface area (Å²) in [5.74, 6) is -0.926. The number of aliphatic carboxylic acids is 1. The summed E-state index contributed by atoms with van der Waals surface area (Å²) in [4.78, 5) is 18.2. The fourth-order valence-corrected chi connectivity index (χ4v) is 5.23. The molecule has 1 unspecified atom stereocenters. The fraction of sp³-hybridized carbons (Fsp3) is 0.217. The van der Waals surface area contributed by atoms with Gasteiger partial charge in [0.15, 0.2) is 0 Å². The number of hydrogen-bond acceptors (Lipinski definition) is 4. The summed E-state index contributed by atoms with van der Waals surface area (Å²) in [6.45, 7) is 3.53. The van der Waals surface area contributed by atoms with Gasteiger partial charge in [0.05, 0.1) is 17.0 Å². The average molecular weight is 438 g/mol. The topological polar surface area (TPSA) is 112 Å². The van der Waals surface area contributed by atoms with Gasteiger partial charge in [0, 0.05) is 17.4 Å². The lowest BCUT2D eigenvalue weighted by molar-refractivity contribution is -0.136. The van der Waals surface area contributed by atoms with Crippen LogP contribution in [-0.4, -0.2) is 31.2 Å². The normalized spacial score (nSPS) is 15.9. The number of benzene rings is 2. The first-order valence-electron chi connectivity index (χ1n) is 9.98. The van der Waals surface area contributed by atoms with Gasteiger partial charge in [0.2, 0.25) is 10.0 Å². The molecule has 0 amide bonds. The number of aryl methyl sites for hydroxylation is 1. The van der Waals surface area contributed by atoms with E-state index in [1.807, 2.05) is 24.3 Å². The van der Waals surface area contributed by atoms with Crippen LogP contribution in [0.2, 0.25) is 0 Å². The van der Waals surface area contributed by atoms with Crippen molar-refractivity contribution >= 4 is 28.4 Å². The van der Waals surface area contributed by atoms with Crippen LogP contribution in [0, 0.1) is 0 Å². The van der Waals surface area contributed by atoms with E-state index in [0.29, 0.717) is 12.1 Å². The van der Waals surface area contributed by atoms with E-state index in [-0.39, 0.29) is 17.4 Å². The third-order valence-corrected chi connectivity index (χ3v) is 6.94. The first kappa shape index (κ1) is 21.0. The zero-order valence-corrected chi connectivity index (χ0v) is 17.7. The number of rotatable bonds is 7. The van der Waals surface area contributed by atoms with Crippen LogP contribution in [0.3, 0.4) is 0 Å². The third-order valence-electron chi connectivity index (χ3n) is 5.45. The Morgan fingerprint density at radius 1 is 1.16 bits per heavy atom. The molecule has 1 aromatic heterocycles. The van der Waals surface area contributed by atoms with Crippen molar-refractivity contribution in [2.45, 2.75) is 36.6 Å². The zero-order valence-electron chi connectivity index (χ0n) is 16.8. The Kier molecular flexibility index (Phi) is 5.75. The van der Waals surface area contributed by atoms with Crippen LogP contribution < -0.4 is 4.72 Å². The number of aliphatic imine (C=N–C) groups is 1. The number of fused-ring (bicyclic) bond motifs is 1. The highest BCUT2D eigenvalue weighted by atomic mass is 32.2. The number of carboxylic acids is 1. The predicted octanol–water partition coefficient (Wildman–Crippen LogP) is 4.00. The Balaban J connectivity index is 1.55. The molecule has 31 heavy (non-hydrogen) atoms. The minimum Gasteiger partial charge on any atom is -0.481 e. The van der Waals surface area contributed by atoms with Crippen LogP contribution in [0.4, 0.5) is 5.69 Å². The van der Waals surface area contributed by atoms with Gasteiger partial charge >= 0.3 is 5.97 Å². The fourth-order valence-electron chi connectivity index (χ4n) is 3.98. The smallest absolute Gasteiger partial charge is 0.309 e. The molecule has 0 saturated heterocycles. The van der Waals surface area contributed by atoms with E-state index >= 15 is 0 Å². The van der Waals surface area contributed by atoms with Gasteiger partial charge in [0.1, 0.15) is 0 Å². The summed E-state index contributed by atoms with van der Waals surface area (Å²) in [5, 5.41) is 9.02. The van der Waals surface area contributed by atoms with Crippen molar-refractivity contribution in [2.75, 3.05) is 0 Å². The lowest BCUT2D eigenvalue weighted by Crippen LogP contribution is -2.30. The summed E-state index contributed by atoms with van der Waals surface area (Å²) >= 11 is 0. The van der Waals surface area contributed by atoms with Gasteiger partial charge < -0.3 is 10.1 Å². The van der Waals surface area contributed by atoms with Crippen LogP contribution in [0.25, 0.3) is 11.1 Å². The Bertz CT molecular complexity index is 1230. The highest BCUT2D eigenvalue weighted by Gasteiger charge is 2.27. The second-order valence-corrected chi connectivity index (χ2v) is 9.31. The quantitative estimate of drug-likeness (QED) is 0.485. The highest BCUT2D eigenvalue weighted by Crippen LogP contribution is 2.32. The minimum atomic E-state index is -3.74. The molecule has 1 atom stereocenters. The second-order valence-electron chi connectivity index (χ2n) is 7.60. The number of aromatic amines is 1. The van der Waals surface area contributed by atoms with Crippen molar-refractivity contribution in [1.82, 2.24) is 9.71 Å². The summed E-state index contributed by atoms with van der Waals surface area (Å²) < 4.78 is 28.8. The molecular weight excluding hydrogens is 414 g/mol. The Hall–Kier alpha value is -3.23. The number of sulfonamides is 1. The van der Waals surface area contributed by atoms with E-state index < -0.39 is 16.0 Å². The molecule has 4 rings (SSSR count). The predicted molar refractivity (Wildman–Crippen MR) is 119 cm³/mol. The summed E-state index contributed by atoms with van der Waals surface area (Å²) in [6, 6.07) is 15.6. The van der Waals surface area contributed by atoms with Crippen molar-refractivity contribution in [3.05, 3.63) is 71.5 Å². The van der Waals surface area contributed by atoms with Crippen molar-refractivity contribution in [3.63, 3.8) is 0 Å². The van der Waals surface area contributed by atoms with Crippen LogP contribution >= 0.6 is 0 Å². The minimum absolute atomic E-state index is 0.115. The third kappa shape index (κ3) is 4.60. The van der Waals surface area contributed by atoms with E-state index in [2.05, 4.69) is 21.4 Å². The van der Waals surface area contributed by atoms with Gasteiger partial charge in [-0.05, 0) is 73.0 Å². The highest BCUT2D eigenvalue weighted by molar-refractivity contribution is 7.89. The van der Waals surface area contributed by atoms with E-state index in [4.69, 9.17) is 5.11 Å². The van der Waals surface area contributed by atoms with E-state index in [1.165, 1.54) is 0 Å². The van der Waals surface area contributed by atoms with Crippen molar-refractivity contribution in [1.29, 1.82) is 0 Å². The average Bonchev–Trinajstić information content (AvgIpc) is 3.16. The molecule has 0 saturated carbocycles. The second kappa shape index (κ2) is 8.49. The molecule has 1 aliphatic rings. The molecule has 1 aliphatic carbocycles. The molecule has 8 heteroatoms. The summed E-state index contributed by atoms with van der Waals surface area (Å²) in [6.07, 6.45) is 2.15. The van der Waals surface area contributed by atoms with E-state index in [0.717, 1.165) is 40.9 Å². The molecule has 0 aliphatic heterocycles. The summed E-state index contributed by atoms with van der Waals surface area (Å²) in [7, 11) is -3.74. The van der Waals surface area contributed by atoms with Gasteiger partial charge in [-0.25, -0.2) is 13.1 Å². The maximum atomic E-state index is 13.0. The van der Waals surface area contributed by atoms with Gasteiger partial charge in [-0.15, -0.1) is 0 Å². The van der Waals surface area contributed by atoms with Crippen molar-refractivity contribution in [3.8, 4) is 11.1 Å². The summed E-state index contributed by atoms with van der Waals surface area (Å²) in [5.41, 5.74) is 4.88. The molecule has 0 bridgehead atoms. The van der Waals surface area contributed by atoms with Crippen molar-refractivity contribution in [2.24, 2.45) is 4.99 Å². The molecule has 7 nitrogen and oxygen atoms in total. The molecule has 3 aromatic rings. The van der Waals surface area contributed by atoms with Gasteiger partial charge in [-0.1, -0.05) is 24.3 Å². The number of H-pyrrole nitrogens is 1. The monoisotopic (exact) mass is 437 g/mol. The molecule has 0 spiro atoms. The lowest BCUT2D eigenvalue weighted by atomic mass is 9.94. The maximum Gasteiger partial charge on any atom is 0.309 e. The standard InChI is InChI=1S/C23H23N3O4S/c1-24-17-5-2-4-16(12-17)15-8-10-19(11-9-15)31(29,30)26-22-7-3-6-21-20(22)13-18(25-21)14-23(27)28/h2,4-5,8-13,22,25-26H,1,3,6-7,14H2,(H,27,28). The van der Waals surface area contributed by atoms with Gasteiger partial charge in [0.25, 0.3) is 0 Å². The Morgan fingerprint density at radius 3 is 2.65 bits per heavy atom. The first-order valence-corrected chi connectivity index (χ1v) is 11.5. The van der Waals surface area contributed by atoms with Crippen LogP contribution in [0.5, 0.6) is 0 Å². The molecular formula is C23H23N3O4S. The SMILES string of the molecule is C=Nc1cccc(-c2ccc(S(=O)(=O)NC3CCCc4[nH]c(CC(=O)O)cc43)cc2)c1. The maximum absolute atomic E-state index is 13.0. The largest absolute Gasteiger partial charge is 0.481 e. The molecule has 2 aromatic carbocycles. The van der Waals surface area contributed by atoms with Gasteiger partial charge in [-0.2, -0.15) is 0 Å². The molecule has 0 radical (unpaired) electrons. The molecule has 3 N–H and O–H groups in total. The lowest BCUT2D eigenvalue weighted by Gasteiger charge is -2.23. The Labute approximate surface area is 180 Å². The van der Waals surface area contributed by atoms with E-state index in [9.17, 15) is 13.2 Å². The zero-order chi connectivity index (χ0) is 22.0. The molecule has 160 valence electrons. The number of carboxylic acid groups (broad SMARTS) is 1.